The first kappa shape index (κ1) is 55.1. The first-order chi connectivity index (χ1) is 38.6. The van der Waals surface area contributed by atoms with E-state index in [-0.39, 0.29) is 44.2 Å². The number of fused-ring (bicyclic) bond motifs is 7. The molecule has 0 unspecified atom stereocenters. The van der Waals surface area contributed by atoms with Crippen molar-refractivity contribution in [1.29, 1.82) is 0 Å². The molecule has 3 aliphatic heterocycles. The van der Waals surface area contributed by atoms with Gasteiger partial charge in [-0.3, -0.25) is 0 Å². The van der Waals surface area contributed by atoms with Gasteiger partial charge in [0.2, 0.25) is 0 Å². The zero-order valence-electron chi connectivity index (χ0n) is 50.0. The minimum absolute atomic E-state index is 0. The van der Waals surface area contributed by atoms with Gasteiger partial charge in [0.1, 0.15) is 5.82 Å². The van der Waals surface area contributed by atoms with Gasteiger partial charge < -0.3 is 23.9 Å². The topological polar surface area (TPSA) is 36.8 Å². The third-order valence-electron chi connectivity index (χ3n) is 19.4. The Balaban J connectivity index is 0.00000631. The summed E-state index contributed by atoms with van der Waals surface area (Å²) in [6, 6.07) is 53.3. The summed E-state index contributed by atoms with van der Waals surface area (Å²) in [6.07, 6.45) is 18.2. The van der Waals surface area contributed by atoms with Gasteiger partial charge in [-0.2, -0.15) is 6.07 Å². The van der Waals surface area contributed by atoms with Crippen LogP contribution in [0, 0.1) is 42.5 Å². The molecule has 6 nitrogen and oxygen atoms in total. The normalized spacial score (nSPS) is 21.9. The summed E-state index contributed by atoms with van der Waals surface area (Å²) >= 11 is 0. The Kier molecular flexibility index (Phi) is 13.3. The first-order valence-electron chi connectivity index (χ1n) is 30.0. The van der Waals surface area contributed by atoms with Gasteiger partial charge in [-0.25, -0.2) is 4.98 Å². The molecule has 0 spiro atoms. The van der Waals surface area contributed by atoms with Crippen LogP contribution in [0.3, 0.4) is 0 Å². The van der Waals surface area contributed by atoms with Crippen LogP contribution in [0.1, 0.15) is 95.9 Å². The van der Waals surface area contributed by atoms with Gasteiger partial charge >= 0.3 is 6.85 Å². The summed E-state index contributed by atoms with van der Waals surface area (Å²) in [5.74, 6) is 7.48. The zero-order chi connectivity index (χ0) is 56.1. The summed E-state index contributed by atoms with van der Waals surface area (Å²) in [6.45, 7) is 31.1. The Bertz CT molecular complexity index is 3900. The number of pyridine rings is 1. The summed E-state index contributed by atoms with van der Waals surface area (Å²) in [4.78, 5) is 12.7. The number of para-hydroxylation sites is 4. The van der Waals surface area contributed by atoms with Crippen LogP contribution in [0.4, 0.5) is 28.4 Å². The Hall–Kier alpha value is -6.12. The fraction of sp³-hybridized carbons (Fsp3) is 0.333. The third kappa shape index (κ3) is 8.99. The standard InChI is InChI=1S/C72H77BN5OSi2.Pt/c1-70(2,3)50-26-29-61-59(42-50)58-28-27-56(79-57-41-52(71(4,5)6)40-55(44-57)75-46-76(63-22-16-15-21-62(63)75)69-65(80(7,8)9)23-17-24-66(69)81(10,11)12)45-64(58)78(61)68-43-51(31-33-74-68)72(53-36-47-35-48(38-53)39-54(72)37-47)67-25-18-34-77-60-20-14-13-19-49(60)30-32-73(67)77;/h13-34,40-43,46-48,53-54H,35-39H2,1-12H3;/q-3;. The van der Waals surface area contributed by atoms with Gasteiger partial charge in [0, 0.05) is 72.4 Å². The number of rotatable bonds is 9. The predicted octanol–water partition coefficient (Wildman–Crippen LogP) is 17.4. The second-order valence-corrected chi connectivity index (χ2v) is 38.8. The number of hydrogen-bond donors (Lipinski definition) is 0. The van der Waals surface area contributed by atoms with E-state index in [0.29, 0.717) is 23.3 Å². The molecule has 7 aliphatic rings. The van der Waals surface area contributed by atoms with Crippen LogP contribution in [0.2, 0.25) is 39.3 Å². The number of aromatic nitrogens is 2. The Labute approximate surface area is 504 Å². The van der Waals surface area contributed by atoms with E-state index in [0.717, 1.165) is 45.4 Å². The maximum Gasteiger partial charge on any atom is 0.316 e. The molecule has 4 aliphatic carbocycles. The maximum atomic E-state index is 7.16. The zero-order valence-corrected chi connectivity index (χ0v) is 54.2. The molecule has 2 aromatic heterocycles. The molecule has 82 heavy (non-hydrogen) atoms. The van der Waals surface area contributed by atoms with Gasteiger partial charge in [0.25, 0.3) is 0 Å². The Morgan fingerprint density at radius 2 is 1.30 bits per heavy atom. The van der Waals surface area contributed by atoms with Crippen molar-refractivity contribution in [2.24, 2.45) is 23.7 Å². The fourth-order valence-corrected chi connectivity index (χ4v) is 19.0. The van der Waals surface area contributed by atoms with E-state index in [1.807, 2.05) is 0 Å². The summed E-state index contributed by atoms with van der Waals surface area (Å²) in [5.41, 5.74) is 14.3. The number of allylic oxidation sites excluding steroid dienone is 3. The number of hydrogen-bond acceptors (Lipinski definition) is 5. The van der Waals surface area contributed by atoms with Gasteiger partial charge in [-0.15, -0.1) is 53.6 Å². The smallest absolute Gasteiger partial charge is 0.316 e. The van der Waals surface area contributed by atoms with Gasteiger partial charge in [0.05, 0.1) is 16.1 Å². The van der Waals surface area contributed by atoms with E-state index >= 15 is 0 Å². The second kappa shape index (κ2) is 19.7. The van der Waals surface area contributed by atoms with Crippen LogP contribution >= 0.6 is 0 Å². The Morgan fingerprint density at radius 3 is 1.98 bits per heavy atom. The molecule has 10 heteroatoms. The van der Waals surface area contributed by atoms with Crippen molar-refractivity contribution in [3.8, 4) is 17.3 Å². The van der Waals surface area contributed by atoms with Crippen LogP contribution in [0.5, 0.6) is 11.5 Å². The van der Waals surface area contributed by atoms with Crippen LogP contribution in [-0.2, 0) is 37.3 Å². The molecule has 4 saturated carbocycles. The molecule has 420 valence electrons. The predicted molar refractivity (Wildman–Crippen MR) is 347 cm³/mol. The van der Waals surface area contributed by atoms with E-state index in [9.17, 15) is 0 Å². The average molecular weight is 1290 g/mol. The number of nitrogens with zero attached hydrogens (tertiary/aromatic N) is 5. The molecule has 0 saturated heterocycles. The van der Waals surface area contributed by atoms with Crippen LogP contribution in [0.25, 0.3) is 33.7 Å². The third-order valence-corrected chi connectivity index (χ3v) is 23.4. The van der Waals surface area contributed by atoms with E-state index in [1.165, 1.54) is 87.2 Å². The average Bonchev–Trinajstić information content (AvgIpc) is 2.90. The Morgan fingerprint density at radius 1 is 0.646 bits per heavy atom. The SMILES string of the molecule is CC(C)(C)c1cc(Oc2[c-]c3c(cc2)c2cc(C(C)(C)C)ccc2n3-c2cc(C3(C4=CC=CN5B4C=Cc4ccccc45)C4CC5CC(C4)CC3C5)ccn2)[c-]c(N2[CH-]N(c3c([Si](C)(C)C)cccc3[Si](C)(C)C)c3ccccc32)c1.[Pt]. The van der Waals surface area contributed by atoms with E-state index in [4.69, 9.17) is 9.72 Å². The molecule has 6 aromatic carbocycles. The minimum Gasteiger partial charge on any atom is -0.509 e. The molecule has 15 rings (SSSR count). The fourth-order valence-electron chi connectivity index (χ4n) is 15.7. The van der Waals surface area contributed by atoms with Crippen molar-refractivity contribution in [3.05, 3.63) is 198 Å². The minimum atomic E-state index is -1.78. The van der Waals surface area contributed by atoms with Crippen molar-refractivity contribution < 1.29 is 25.8 Å². The van der Waals surface area contributed by atoms with Crippen LogP contribution in [-0.4, -0.2) is 32.5 Å². The summed E-state index contributed by atoms with van der Waals surface area (Å²) in [7, 11) is -3.56. The maximum absolute atomic E-state index is 7.16. The van der Waals surface area contributed by atoms with Gasteiger partial charge in [0.15, 0.2) is 0 Å². The number of anilines is 5. The molecular weight excluding hydrogens is 1210 g/mol. The molecule has 8 aromatic rings. The number of ether oxygens (including phenoxy) is 1. The largest absolute Gasteiger partial charge is 0.509 e. The quantitative estimate of drug-likeness (QED) is 0.106. The summed E-state index contributed by atoms with van der Waals surface area (Å²) < 4.78 is 9.54. The van der Waals surface area contributed by atoms with Gasteiger partial charge in [-0.1, -0.05) is 171 Å². The van der Waals surface area contributed by atoms with Crippen molar-refractivity contribution in [3.63, 3.8) is 0 Å². The van der Waals surface area contributed by atoms with E-state index in [2.05, 4.69) is 277 Å². The second-order valence-electron chi connectivity index (χ2n) is 28.7. The molecule has 4 fully saturated rings. The molecular formula is C72H77BN5OPtSi2-3. The van der Waals surface area contributed by atoms with E-state index < -0.39 is 16.1 Å². The molecule has 0 N–H and O–H groups in total. The van der Waals surface area contributed by atoms with Crippen molar-refractivity contribution in [1.82, 2.24) is 9.55 Å². The van der Waals surface area contributed by atoms with Crippen LogP contribution in [0.15, 0.2) is 157 Å². The van der Waals surface area contributed by atoms with E-state index in [1.54, 1.807) is 5.47 Å². The van der Waals surface area contributed by atoms with Gasteiger partial charge in [-0.05, 0) is 148 Å². The molecule has 0 radical (unpaired) electrons. The molecule has 5 heterocycles. The molecule has 4 bridgehead atoms. The van der Waals surface area contributed by atoms with Crippen molar-refractivity contribution in [2.75, 3.05) is 14.6 Å². The van der Waals surface area contributed by atoms with Crippen molar-refractivity contribution >= 4 is 89.7 Å². The summed E-state index contributed by atoms with van der Waals surface area (Å²) in [5, 5.41) is 5.30. The van der Waals surface area contributed by atoms with Crippen LogP contribution < -0.4 is 29.7 Å². The molecule has 0 atom stereocenters. The first-order valence-corrected chi connectivity index (χ1v) is 37.0. The monoisotopic (exact) mass is 1290 g/mol. The molecule has 0 amide bonds. The number of benzene rings is 6. The van der Waals surface area contributed by atoms with Crippen molar-refractivity contribution in [2.45, 2.75) is 129 Å².